The molecule has 0 aromatic carbocycles. The van der Waals surface area contributed by atoms with E-state index in [4.69, 9.17) is 5.73 Å². The van der Waals surface area contributed by atoms with Gasteiger partial charge in [-0.1, -0.05) is 10.8 Å². The van der Waals surface area contributed by atoms with E-state index in [-0.39, 0.29) is 5.91 Å². The van der Waals surface area contributed by atoms with E-state index >= 15 is 0 Å². The Hall–Kier alpha value is -0.0300. The van der Waals surface area contributed by atoms with Crippen molar-refractivity contribution in [2.24, 2.45) is 11.1 Å². The van der Waals surface area contributed by atoms with Crippen LogP contribution in [0, 0.1) is 5.41 Å². The highest BCUT2D eigenvalue weighted by Gasteiger charge is 2.39. The van der Waals surface area contributed by atoms with Crippen molar-refractivity contribution in [3.8, 4) is 0 Å². The van der Waals surface area contributed by atoms with Crippen molar-refractivity contribution >= 4 is 26.5 Å². The second-order valence-corrected chi connectivity index (χ2v) is 5.88. The highest BCUT2D eigenvalue weighted by Crippen LogP contribution is 2.34. The summed E-state index contributed by atoms with van der Waals surface area (Å²) in [5.74, 6) is 0.660. The van der Waals surface area contributed by atoms with Crippen molar-refractivity contribution in [3.63, 3.8) is 0 Å². The molecule has 1 aliphatic rings. The monoisotopic (exact) mass is 179 g/mol. The quantitative estimate of drug-likeness (QED) is 0.571. The van der Waals surface area contributed by atoms with Gasteiger partial charge in [0.15, 0.2) is 0 Å². The Labute approximate surface area is 65.6 Å². The molecule has 1 aliphatic heterocycles. The fourth-order valence-corrected chi connectivity index (χ4v) is 4.50. The number of nitrogens with two attached hydrogens (primary N) is 1. The fraction of sp³-hybridized carbons (Fsp3) is 0.800. The second-order valence-electron chi connectivity index (χ2n) is 2.64. The molecule has 5 heteroatoms. The summed E-state index contributed by atoms with van der Waals surface area (Å²) >= 11 is 0. The zero-order valence-corrected chi connectivity index (χ0v) is 7.26. The molecule has 3 nitrogen and oxygen atoms in total. The molecule has 0 radical (unpaired) electrons. The molecule has 1 rings (SSSR count). The van der Waals surface area contributed by atoms with Crippen molar-refractivity contribution in [1.29, 1.82) is 0 Å². The van der Waals surface area contributed by atoms with Crippen LogP contribution in [0.5, 0.6) is 0 Å². The normalized spacial score (nSPS) is 39.9. The molecule has 0 aromatic heterocycles. The minimum atomic E-state index is -0.897. The number of carbonyl (C=O) groups excluding carboxylic acids is 1. The average molecular weight is 179 g/mol. The zero-order valence-electron chi connectivity index (χ0n) is 5.62. The number of rotatable bonds is 1. The van der Waals surface area contributed by atoms with Gasteiger partial charge in [-0.15, -0.1) is 0 Å². The molecular weight excluding hydrogens is 170 g/mol. The molecule has 0 bridgehead atoms. The SMILES string of the molecule is CC1(C(N)=O)CSS(=O)C1. The molecule has 0 aromatic rings. The Kier molecular flexibility index (Phi) is 2.05. The summed E-state index contributed by atoms with van der Waals surface area (Å²) in [5.41, 5.74) is 4.58. The lowest BCUT2D eigenvalue weighted by molar-refractivity contribution is -0.124. The van der Waals surface area contributed by atoms with Gasteiger partial charge in [-0.2, -0.15) is 0 Å². The second kappa shape index (κ2) is 2.54. The molecule has 10 heavy (non-hydrogen) atoms. The van der Waals surface area contributed by atoms with Gasteiger partial charge >= 0.3 is 0 Å². The first-order valence-corrected chi connectivity index (χ1v) is 5.68. The van der Waals surface area contributed by atoms with Crippen LogP contribution in [-0.2, 0) is 14.6 Å². The van der Waals surface area contributed by atoms with E-state index in [9.17, 15) is 9.00 Å². The van der Waals surface area contributed by atoms with Crippen molar-refractivity contribution in [2.45, 2.75) is 6.92 Å². The first-order chi connectivity index (χ1) is 4.54. The molecule has 2 unspecified atom stereocenters. The summed E-state index contributed by atoms with van der Waals surface area (Å²) in [4.78, 5) is 10.7. The van der Waals surface area contributed by atoms with Gasteiger partial charge in [0.2, 0.25) is 5.91 Å². The van der Waals surface area contributed by atoms with Crippen LogP contribution in [0.4, 0.5) is 0 Å². The predicted octanol–water partition coefficient (Wildman–Crippen LogP) is -0.112. The van der Waals surface area contributed by atoms with Crippen LogP contribution in [0.1, 0.15) is 6.92 Å². The number of amides is 1. The third kappa shape index (κ3) is 1.34. The summed E-state index contributed by atoms with van der Waals surface area (Å²) in [6.45, 7) is 1.76. The summed E-state index contributed by atoms with van der Waals surface area (Å²) in [6.07, 6.45) is 0. The molecule has 58 valence electrons. The van der Waals surface area contributed by atoms with Crippen LogP contribution < -0.4 is 5.73 Å². The van der Waals surface area contributed by atoms with E-state index in [1.54, 1.807) is 6.92 Å². The maximum Gasteiger partial charge on any atom is 0.225 e. The largest absolute Gasteiger partial charge is 0.369 e. The number of primary amides is 1. The van der Waals surface area contributed by atoms with Crippen molar-refractivity contribution in [3.05, 3.63) is 0 Å². The van der Waals surface area contributed by atoms with Crippen LogP contribution >= 0.6 is 10.8 Å². The highest BCUT2D eigenvalue weighted by molar-refractivity contribution is 8.69. The minimum Gasteiger partial charge on any atom is -0.369 e. The Morgan fingerprint density at radius 3 is 2.60 bits per heavy atom. The molecule has 0 spiro atoms. The maximum absolute atomic E-state index is 10.8. The summed E-state index contributed by atoms with van der Waals surface area (Å²) in [6, 6.07) is 0. The summed E-state index contributed by atoms with van der Waals surface area (Å²) < 4.78 is 10.8. The molecule has 0 aliphatic carbocycles. The van der Waals surface area contributed by atoms with Crippen molar-refractivity contribution in [1.82, 2.24) is 0 Å². The molecule has 2 atom stereocenters. The third-order valence-corrected chi connectivity index (χ3v) is 4.93. The lowest BCUT2D eigenvalue weighted by atomic mass is 9.95. The van der Waals surface area contributed by atoms with Gasteiger partial charge in [0.1, 0.15) is 0 Å². The van der Waals surface area contributed by atoms with Crippen molar-refractivity contribution in [2.75, 3.05) is 11.5 Å². The lowest BCUT2D eigenvalue weighted by Gasteiger charge is -2.14. The van der Waals surface area contributed by atoms with Gasteiger partial charge in [0.05, 0.1) is 15.2 Å². The summed E-state index contributed by atoms with van der Waals surface area (Å²) in [7, 11) is 0.407. The van der Waals surface area contributed by atoms with Gasteiger partial charge < -0.3 is 5.73 Å². The fourth-order valence-electron chi connectivity index (χ4n) is 0.681. The van der Waals surface area contributed by atoms with Gasteiger partial charge in [-0.05, 0) is 6.92 Å². The van der Waals surface area contributed by atoms with E-state index in [1.807, 2.05) is 0 Å². The van der Waals surface area contributed by atoms with E-state index < -0.39 is 15.2 Å². The van der Waals surface area contributed by atoms with Crippen LogP contribution in [0.25, 0.3) is 0 Å². The van der Waals surface area contributed by atoms with Crippen molar-refractivity contribution < 1.29 is 9.00 Å². The van der Waals surface area contributed by atoms with Crippen LogP contribution in [0.15, 0.2) is 0 Å². The number of hydrogen-bond acceptors (Lipinski definition) is 3. The Bertz CT molecular complexity index is 194. The minimum absolute atomic E-state index is 0.342. The maximum atomic E-state index is 10.8. The third-order valence-electron chi connectivity index (χ3n) is 1.54. The lowest BCUT2D eigenvalue weighted by Crippen LogP contribution is -2.36. The Morgan fingerprint density at radius 2 is 2.40 bits per heavy atom. The van der Waals surface area contributed by atoms with E-state index in [2.05, 4.69) is 0 Å². The first kappa shape index (κ1) is 8.07. The molecular formula is C5H9NO2S2. The van der Waals surface area contributed by atoms with Gasteiger partial charge in [0, 0.05) is 11.5 Å². The number of hydrogen-bond donors (Lipinski definition) is 1. The molecule has 2 N–H and O–H groups in total. The van der Waals surface area contributed by atoms with Gasteiger partial charge in [0.25, 0.3) is 0 Å². The van der Waals surface area contributed by atoms with Crippen LogP contribution in [0.2, 0.25) is 0 Å². The van der Waals surface area contributed by atoms with Crippen LogP contribution in [-0.4, -0.2) is 21.6 Å². The Morgan fingerprint density at radius 1 is 1.80 bits per heavy atom. The van der Waals surface area contributed by atoms with Crippen LogP contribution in [0.3, 0.4) is 0 Å². The molecule has 1 amide bonds. The van der Waals surface area contributed by atoms with E-state index in [0.717, 1.165) is 0 Å². The standard InChI is InChI=1S/C5H9NO2S2/c1-5(4(6)7)2-9-10(8)3-5/h2-3H2,1H3,(H2,6,7). The Balaban J connectivity index is 2.72. The first-order valence-electron chi connectivity index (χ1n) is 2.86. The van der Waals surface area contributed by atoms with Gasteiger partial charge in [-0.3, -0.25) is 4.79 Å². The summed E-state index contributed by atoms with van der Waals surface area (Å²) in [5, 5.41) is 0. The molecule has 1 fully saturated rings. The highest BCUT2D eigenvalue weighted by atomic mass is 33.1. The smallest absolute Gasteiger partial charge is 0.225 e. The zero-order chi connectivity index (χ0) is 7.78. The topological polar surface area (TPSA) is 60.2 Å². The predicted molar refractivity (Wildman–Crippen MR) is 42.8 cm³/mol. The van der Waals surface area contributed by atoms with Gasteiger partial charge in [-0.25, -0.2) is 4.21 Å². The molecule has 1 saturated heterocycles. The molecule has 1 heterocycles. The average Bonchev–Trinajstić information content (AvgIpc) is 2.13. The molecule has 0 saturated carbocycles. The van der Waals surface area contributed by atoms with E-state index in [0.29, 0.717) is 11.5 Å². The number of carbonyl (C=O) groups is 1. The van der Waals surface area contributed by atoms with E-state index in [1.165, 1.54) is 10.8 Å².